The van der Waals surface area contributed by atoms with Gasteiger partial charge in [0.1, 0.15) is 17.1 Å². The summed E-state index contributed by atoms with van der Waals surface area (Å²) in [6.07, 6.45) is 5.62. The first-order valence-corrected chi connectivity index (χ1v) is 9.49. The van der Waals surface area contributed by atoms with Crippen molar-refractivity contribution in [1.82, 2.24) is 14.6 Å². The Balaban J connectivity index is 2.20. The molecule has 8 nitrogen and oxygen atoms in total. The number of carbonyl (C=O) groups is 1. The van der Waals surface area contributed by atoms with E-state index in [0.717, 1.165) is 4.68 Å². The number of aromatic amines is 1. The molecule has 0 saturated heterocycles. The number of carbonyl (C=O) groups excluding carboxylic acids is 1. The lowest BCUT2D eigenvalue weighted by Crippen LogP contribution is -2.42. The Morgan fingerprint density at radius 2 is 2.07 bits per heavy atom. The van der Waals surface area contributed by atoms with Crippen molar-refractivity contribution in [3.05, 3.63) is 79.6 Å². The fourth-order valence-corrected chi connectivity index (χ4v) is 3.19. The number of aromatic nitrogens is 3. The summed E-state index contributed by atoms with van der Waals surface area (Å²) in [5, 5.41) is 11.5. The highest BCUT2D eigenvalue weighted by Gasteiger charge is 2.20. The maximum atomic E-state index is 13.0. The van der Waals surface area contributed by atoms with Crippen LogP contribution in [0.5, 0.6) is 5.75 Å². The van der Waals surface area contributed by atoms with Crippen LogP contribution >= 0.6 is 0 Å². The van der Waals surface area contributed by atoms with Crippen molar-refractivity contribution < 1.29 is 9.90 Å². The van der Waals surface area contributed by atoms with E-state index in [1.807, 2.05) is 6.92 Å². The van der Waals surface area contributed by atoms with E-state index < -0.39 is 28.3 Å². The number of fused-ring (bicyclic) bond motifs is 1. The fraction of sp³-hybridized carbons (Fsp3) is 0.182. The summed E-state index contributed by atoms with van der Waals surface area (Å²) in [5.41, 5.74) is 1.20. The number of rotatable bonds is 5. The standard InChI is InChI=1S/C22H22N4O4/c1-4-9-13-15(6-3)24-20(28)18(19(13)27)21(29)25-26-17(10-5-2)23-16-12-8-7-11-14(16)22(26)30/h4,6-9,11-12,27H,1,5,10H2,2-3H3,(H,24,28)(H,25,29)/b13-9+,15-6+. The number of H-pyrrole nitrogens is 1. The number of hydrogen-bond donors (Lipinski definition) is 3. The number of para-hydroxylation sites is 1. The molecule has 0 aliphatic heterocycles. The Labute approximate surface area is 171 Å². The van der Waals surface area contributed by atoms with Crippen molar-refractivity contribution in [2.24, 2.45) is 0 Å². The molecule has 154 valence electrons. The van der Waals surface area contributed by atoms with E-state index in [4.69, 9.17) is 0 Å². The van der Waals surface area contributed by atoms with E-state index >= 15 is 0 Å². The zero-order valence-corrected chi connectivity index (χ0v) is 16.7. The molecule has 2 heterocycles. The molecule has 2 aromatic heterocycles. The van der Waals surface area contributed by atoms with Gasteiger partial charge in [0.25, 0.3) is 17.0 Å². The molecule has 0 aliphatic rings. The summed E-state index contributed by atoms with van der Waals surface area (Å²) in [4.78, 5) is 45.4. The Kier molecular flexibility index (Phi) is 5.96. The molecule has 0 radical (unpaired) electrons. The van der Waals surface area contributed by atoms with Crippen LogP contribution in [0.1, 0.15) is 36.5 Å². The van der Waals surface area contributed by atoms with Gasteiger partial charge in [-0.25, -0.2) is 9.66 Å². The number of aryl methyl sites for hydroxylation is 1. The molecule has 8 heteroatoms. The first-order chi connectivity index (χ1) is 14.4. The van der Waals surface area contributed by atoms with Crippen LogP contribution in [-0.4, -0.2) is 25.7 Å². The zero-order valence-electron chi connectivity index (χ0n) is 16.7. The maximum absolute atomic E-state index is 13.0. The number of hydrogen-bond acceptors (Lipinski definition) is 5. The molecular formula is C22H22N4O4. The summed E-state index contributed by atoms with van der Waals surface area (Å²) in [5.74, 6) is -1.07. The molecule has 3 rings (SSSR count). The van der Waals surface area contributed by atoms with Gasteiger partial charge >= 0.3 is 0 Å². The number of pyridine rings is 1. The van der Waals surface area contributed by atoms with Crippen LogP contribution in [0, 0.1) is 0 Å². The number of amides is 1. The Morgan fingerprint density at radius 1 is 1.33 bits per heavy atom. The normalized spacial score (nSPS) is 12.3. The molecular weight excluding hydrogens is 384 g/mol. The number of aromatic hydroxyl groups is 1. The largest absolute Gasteiger partial charge is 0.506 e. The van der Waals surface area contributed by atoms with E-state index in [1.165, 1.54) is 12.2 Å². The first kappa shape index (κ1) is 20.8. The second kappa shape index (κ2) is 8.60. The fourth-order valence-electron chi connectivity index (χ4n) is 3.19. The molecule has 0 atom stereocenters. The third-order valence-electron chi connectivity index (χ3n) is 4.59. The summed E-state index contributed by atoms with van der Waals surface area (Å²) in [6, 6.07) is 6.80. The van der Waals surface area contributed by atoms with Gasteiger partial charge in [-0.3, -0.25) is 19.8 Å². The lowest BCUT2D eigenvalue weighted by atomic mass is 10.1. The molecule has 3 aromatic rings. The number of nitrogens with zero attached hydrogens (tertiary/aromatic N) is 2. The smallest absolute Gasteiger partial charge is 0.280 e. The van der Waals surface area contributed by atoms with Gasteiger partial charge in [0.2, 0.25) is 0 Å². The van der Waals surface area contributed by atoms with Gasteiger partial charge < -0.3 is 10.1 Å². The van der Waals surface area contributed by atoms with Crippen LogP contribution in [0.3, 0.4) is 0 Å². The summed E-state index contributed by atoms with van der Waals surface area (Å²) >= 11 is 0. The van der Waals surface area contributed by atoms with Gasteiger partial charge in [0, 0.05) is 17.0 Å². The second-order valence-electron chi connectivity index (χ2n) is 6.57. The molecule has 30 heavy (non-hydrogen) atoms. The van der Waals surface area contributed by atoms with Crippen LogP contribution in [0.15, 0.2) is 46.5 Å². The molecule has 0 unspecified atom stereocenters. The van der Waals surface area contributed by atoms with Gasteiger partial charge in [-0.2, -0.15) is 0 Å². The highest BCUT2D eigenvalue weighted by atomic mass is 16.3. The van der Waals surface area contributed by atoms with Crippen LogP contribution in [0.2, 0.25) is 0 Å². The molecule has 3 N–H and O–H groups in total. The minimum atomic E-state index is -0.924. The Bertz CT molecular complexity index is 1380. The molecule has 0 saturated carbocycles. The maximum Gasteiger partial charge on any atom is 0.280 e. The van der Waals surface area contributed by atoms with E-state index in [0.29, 0.717) is 34.9 Å². The van der Waals surface area contributed by atoms with Crippen molar-refractivity contribution in [2.75, 3.05) is 5.43 Å². The molecule has 0 bridgehead atoms. The van der Waals surface area contributed by atoms with E-state index in [1.54, 1.807) is 37.3 Å². The van der Waals surface area contributed by atoms with Gasteiger partial charge in [0.05, 0.1) is 10.9 Å². The third-order valence-corrected chi connectivity index (χ3v) is 4.59. The lowest BCUT2D eigenvalue weighted by molar-refractivity contribution is 0.100. The van der Waals surface area contributed by atoms with Crippen LogP contribution in [0.4, 0.5) is 0 Å². The van der Waals surface area contributed by atoms with Crippen molar-refractivity contribution >= 4 is 29.0 Å². The average Bonchev–Trinajstić information content (AvgIpc) is 2.73. The van der Waals surface area contributed by atoms with Crippen LogP contribution < -0.4 is 27.1 Å². The van der Waals surface area contributed by atoms with E-state index in [2.05, 4.69) is 22.0 Å². The highest BCUT2D eigenvalue weighted by Crippen LogP contribution is 2.10. The van der Waals surface area contributed by atoms with Crippen molar-refractivity contribution in [3.8, 4) is 5.75 Å². The minimum Gasteiger partial charge on any atom is -0.506 e. The van der Waals surface area contributed by atoms with Gasteiger partial charge in [0.15, 0.2) is 0 Å². The van der Waals surface area contributed by atoms with E-state index in [9.17, 15) is 19.5 Å². The summed E-state index contributed by atoms with van der Waals surface area (Å²) in [7, 11) is 0. The highest BCUT2D eigenvalue weighted by molar-refractivity contribution is 6.02. The molecule has 0 fully saturated rings. The number of benzene rings is 1. The SMILES string of the molecule is C=C/C=c1/c(O)c(C(=O)Nn2c(CCC)nc3ccccc3c2=O)c(=O)[nH]/c1=C/C. The predicted molar refractivity (Wildman–Crippen MR) is 116 cm³/mol. The van der Waals surface area contributed by atoms with Gasteiger partial charge in [-0.1, -0.05) is 37.8 Å². The number of allylic oxidation sites excluding steroid dienone is 1. The van der Waals surface area contributed by atoms with Gasteiger partial charge in [-0.05, 0) is 31.6 Å². The van der Waals surface area contributed by atoms with Crippen molar-refractivity contribution in [2.45, 2.75) is 26.7 Å². The topological polar surface area (TPSA) is 117 Å². The summed E-state index contributed by atoms with van der Waals surface area (Å²) in [6.45, 7) is 7.18. The summed E-state index contributed by atoms with van der Waals surface area (Å²) < 4.78 is 1.03. The average molecular weight is 406 g/mol. The van der Waals surface area contributed by atoms with E-state index in [-0.39, 0.29) is 5.22 Å². The first-order valence-electron chi connectivity index (χ1n) is 9.49. The third kappa shape index (κ3) is 3.67. The monoisotopic (exact) mass is 406 g/mol. The second-order valence-corrected chi connectivity index (χ2v) is 6.57. The number of nitrogens with one attached hydrogen (secondary N) is 2. The predicted octanol–water partition coefficient (Wildman–Crippen LogP) is 0.894. The lowest BCUT2D eigenvalue weighted by Gasteiger charge is -2.14. The van der Waals surface area contributed by atoms with Crippen molar-refractivity contribution in [1.29, 1.82) is 0 Å². The Morgan fingerprint density at radius 3 is 2.73 bits per heavy atom. The van der Waals surface area contributed by atoms with Gasteiger partial charge in [-0.15, -0.1) is 0 Å². The molecule has 0 aliphatic carbocycles. The quantitative estimate of drug-likeness (QED) is 0.582. The minimum absolute atomic E-state index is 0.245. The van der Waals surface area contributed by atoms with Crippen LogP contribution in [-0.2, 0) is 6.42 Å². The van der Waals surface area contributed by atoms with Crippen LogP contribution in [0.25, 0.3) is 23.1 Å². The Hall–Kier alpha value is -3.94. The zero-order chi connectivity index (χ0) is 21.8. The molecule has 1 amide bonds. The molecule has 1 aromatic carbocycles. The molecule has 0 spiro atoms. The van der Waals surface area contributed by atoms with Crippen molar-refractivity contribution in [3.63, 3.8) is 0 Å².